The molecule has 0 fully saturated rings. The molecule has 1 atom stereocenters. The number of anilines is 1. The van der Waals surface area contributed by atoms with Crippen molar-refractivity contribution in [2.75, 3.05) is 5.73 Å². The second kappa shape index (κ2) is 5.50. The van der Waals surface area contributed by atoms with Crippen LogP contribution >= 0.6 is 11.6 Å². The fourth-order valence-corrected chi connectivity index (χ4v) is 2.86. The van der Waals surface area contributed by atoms with Crippen molar-refractivity contribution in [3.63, 3.8) is 0 Å². The topological polar surface area (TPSA) is 43.1 Å². The van der Waals surface area contributed by atoms with E-state index in [1.807, 2.05) is 0 Å². The van der Waals surface area contributed by atoms with Gasteiger partial charge in [-0.3, -0.25) is 4.21 Å². The van der Waals surface area contributed by atoms with Crippen molar-refractivity contribution in [1.29, 1.82) is 0 Å². The van der Waals surface area contributed by atoms with Crippen molar-refractivity contribution in [2.45, 2.75) is 10.6 Å². The Labute approximate surface area is 112 Å². The summed E-state index contributed by atoms with van der Waals surface area (Å²) >= 11 is 5.59. The van der Waals surface area contributed by atoms with E-state index in [4.69, 9.17) is 17.3 Å². The molecule has 0 bridgehead atoms. The first-order valence-corrected chi connectivity index (χ1v) is 6.94. The van der Waals surface area contributed by atoms with E-state index in [1.165, 1.54) is 12.1 Å². The Morgan fingerprint density at radius 2 is 1.94 bits per heavy atom. The Morgan fingerprint density at radius 1 is 1.22 bits per heavy atom. The molecule has 0 saturated carbocycles. The molecule has 2 rings (SSSR count). The summed E-state index contributed by atoms with van der Waals surface area (Å²) in [6.45, 7) is 0. The van der Waals surface area contributed by atoms with E-state index in [1.54, 1.807) is 30.3 Å². The zero-order valence-corrected chi connectivity index (χ0v) is 11.0. The van der Waals surface area contributed by atoms with Crippen molar-refractivity contribution in [3.8, 4) is 0 Å². The molecule has 0 amide bonds. The SMILES string of the molecule is Nc1ccccc1S(=O)Cc1ccc(Cl)c(F)c1. The second-order valence-electron chi connectivity index (χ2n) is 3.78. The number of hydrogen-bond acceptors (Lipinski definition) is 2. The van der Waals surface area contributed by atoms with Crippen molar-refractivity contribution in [3.05, 3.63) is 58.9 Å². The van der Waals surface area contributed by atoms with E-state index in [2.05, 4.69) is 0 Å². The summed E-state index contributed by atoms with van der Waals surface area (Å²) in [7, 11) is -1.30. The quantitative estimate of drug-likeness (QED) is 0.878. The predicted octanol–water partition coefficient (Wildman–Crippen LogP) is 3.37. The molecule has 0 heterocycles. The van der Waals surface area contributed by atoms with Crippen LogP contribution in [0.25, 0.3) is 0 Å². The van der Waals surface area contributed by atoms with E-state index in [-0.39, 0.29) is 10.8 Å². The molecule has 1 unspecified atom stereocenters. The van der Waals surface area contributed by atoms with Gasteiger partial charge in [-0.25, -0.2) is 4.39 Å². The molecule has 0 aliphatic carbocycles. The molecule has 2 N–H and O–H groups in total. The number of rotatable bonds is 3. The fraction of sp³-hybridized carbons (Fsp3) is 0.0769. The lowest BCUT2D eigenvalue weighted by Gasteiger charge is -2.06. The summed E-state index contributed by atoms with van der Waals surface area (Å²) in [5.74, 6) is -0.297. The van der Waals surface area contributed by atoms with Gasteiger partial charge in [-0.1, -0.05) is 29.8 Å². The minimum Gasteiger partial charge on any atom is -0.398 e. The molecule has 2 nitrogen and oxygen atoms in total. The Bertz CT molecular complexity index is 603. The van der Waals surface area contributed by atoms with Crippen molar-refractivity contribution in [2.24, 2.45) is 0 Å². The molecular formula is C13H11ClFNOS. The zero-order chi connectivity index (χ0) is 13.1. The van der Waals surface area contributed by atoms with Crippen LogP contribution in [-0.4, -0.2) is 4.21 Å². The molecule has 0 spiro atoms. The average molecular weight is 284 g/mol. The molecule has 0 aliphatic heterocycles. The minimum atomic E-state index is -1.30. The van der Waals surface area contributed by atoms with Gasteiger partial charge in [-0.15, -0.1) is 0 Å². The average Bonchev–Trinajstić information content (AvgIpc) is 2.34. The Hall–Kier alpha value is -1.39. The summed E-state index contributed by atoms with van der Waals surface area (Å²) < 4.78 is 25.4. The number of nitrogens with two attached hydrogens (primary N) is 1. The van der Waals surface area contributed by atoms with Crippen LogP contribution in [0.15, 0.2) is 47.4 Å². The Kier molecular flexibility index (Phi) is 3.99. The van der Waals surface area contributed by atoms with Gasteiger partial charge in [0.05, 0.1) is 26.5 Å². The number of para-hydroxylation sites is 1. The first-order valence-electron chi connectivity index (χ1n) is 5.25. The number of halogens is 2. The number of hydrogen-bond donors (Lipinski definition) is 1. The van der Waals surface area contributed by atoms with Gasteiger partial charge in [-0.2, -0.15) is 0 Å². The molecule has 18 heavy (non-hydrogen) atoms. The van der Waals surface area contributed by atoms with Crippen LogP contribution in [0.2, 0.25) is 5.02 Å². The molecule has 0 aromatic heterocycles. The highest BCUT2D eigenvalue weighted by Crippen LogP contribution is 2.21. The summed E-state index contributed by atoms with van der Waals surface area (Å²) in [5, 5.41) is 0.0590. The van der Waals surface area contributed by atoms with Crippen LogP contribution < -0.4 is 5.73 Å². The Morgan fingerprint density at radius 3 is 2.61 bits per heavy atom. The second-order valence-corrected chi connectivity index (χ2v) is 5.60. The van der Waals surface area contributed by atoms with Gasteiger partial charge in [0, 0.05) is 5.69 Å². The Balaban J connectivity index is 2.22. The fourth-order valence-electron chi connectivity index (χ4n) is 1.55. The molecule has 0 radical (unpaired) electrons. The first-order chi connectivity index (χ1) is 8.58. The molecule has 94 valence electrons. The maximum atomic E-state index is 13.3. The van der Waals surface area contributed by atoms with Crippen molar-refractivity contribution >= 4 is 28.1 Å². The highest BCUT2D eigenvalue weighted by atomic mass is 35.5. The third-order valence-corrected chi connectivity index (χ3v) is 4.21. The standard InChI is InChI=1S/C13H11ClFNOS/c14-10-6-5-9(7-11(10)15)8-18(17)13-4-2-1-3-12(13)16/h1-7H,8,16H2. The van der Waals surface area contributed by atoms with Crippen LogP contribution in [0.5, 0.6) is 0 Å². The number of nitrogen functional groups attached to an aromatic ring is 1. The van der Waals surface area contributed by atoms with Gasteiger partial charge < -0.3 is 5.73 Å². The van der Waals surface area contributed by atoms with E-state index in [9.17, 15) is 8.60 Å². The first kappa shape index (κ1) is 13.1. The van der Waals surface area contributed by atoms with E-state index < -0.39 is 16.6 Å². The molecule has 0 aliphatic rings. The zero-order valence-electron chi connectivity index (χ0n) is 9.40. The van der Waals surface area contributed by atoms with Gasteiger partial charge in [-0.05, 0) is 29.8 Å². The lowest BCUT2D eigenvalue weighted by molar-refractivity contribution is 0.626. The largest absolute Gasteiger partial charge is 0.398 e. The summed E-state index contributed by atoms with van der Waals surface area (Å²) in [5.41, 5.74) is 6.84. The summed E-state index contributed by atoms with van der Waals surface area (Å²) in [4.78, 5) is 0.563. The van der Waals surface area contributed by atoms with Gasteiger partial charge in [0.15, 0.2) is 0 Å². The smallest absolute Gasteiger partial charge is 0.142 e. The van der Waals surface area contributed by atoms with Crippen LogP contribution in [-0.2, 0) is 16.6 Å². The van der Waals surface area contributed by atoms with Gasteiger partial charge in [0.1, 0.15) is 5.82 Å². The third kappa shape index (κ3) is 2.89. The highest BCUT2D eigenvalue weighted by Gasteiger charge is 2.09. The predicted molar refractivity (Wildman–Crippen MR) is 72.4 cm³/mol. The lowest BCUT2D eigenvalue weighted by atomic mass is 10.2. The molecule has 0 saturated heterocycles. The third-order valence-electron chi connectivity index (χ3n) is 2.45. The van der Waals surface area contributed by atoms with Crippen LogP contribution in [0.4, 0.5) is 10.1 Å². The summed E-state index contributed by atoms with van der Waals surface area (Å²) in [6.07, 6.45) is 0. The maximum Gasteiger partial charge on any atom is 0.142 e. The number of benzene rings is 2. The van der Waals surface area contributed by atoms with Gasteiger partial charge in [0.2, 0.25) is 0 Å². The van der Waals surface area contributed by atoms with Crippen molar-refractivity contribution in [1.82, 2.24) is 0 Å². The maximum absolute atomic E-state index is 13.3. The van der Waals surface area contributed by atoms with Crippen LogP contribution in [0.3, 0.4) is 0 Å². The monoisotopic (exact) mass is 283 g/mol. The highest BCUT2D eigenvalue weighted by molar-refractivity contribution is 7.84. The molecular weight excluding hydrogens is 273 g/mol. The molecule has 2 aromatic carbocycles. The minimum absolute atomic E-state index is 0.0590. The summed E-state index contributed by atoms with van der Waals surface area (Å²) in [6, 6.07) is 11.3. The van der Waals surface area contributed by atoms with Crippen LogP contribution in [0.1, 0.15) is 5.56 Å². The van der Waals surface area contributed by atoms with Gasteiger partial charge >= 0.3 is 0 Å². The lowest BCUT2D eigenvalue weighted by Crippen LogP contribution is -2.01. The van der Waals surface area contributed by atoms with Crippen LogP contribution in [0, 0.1) is 5.82 Å². The van der Waals surface area contributed by atoms with E-state index >= 15 is 0 Å². The normalized spacial score (nSPS) is 12.3. The van der Waals surface area contributed by atoms with Gasteiger partial charge in [0.25, 0.3) is 0 Å². The van der Waals surface area contributed by atoms with E-state index in [0.717, 1.165) is 0 Å². The molecule has 5 heteroatoms. The molecule has 2 aromatic rings. The van der Waals surface area contributed by atoms with Crippen molar-refractivity contribution < 1.29 is 8.60 Å². The van der Waals surface area contributed by atoms with E-state index in [0.29, 0.717) is 16.1 Å².